The Kier molecular flexibility index (Phi) is 5.57. The first-order valence-corrected chi connectivity index (χ1v) is 7.24. The van der Waals surface area contributed by atoms with Crippen LogP contribution in [0.25, 0.3) is 0 Å². The summed E-state index contributed by atoms with van der Waals surface area (Å²) in [5, 5.41) is 0. The highest BCUT2D eigenvalue weighted by Crippen LogP contribution is 2.25. The first kappa shape index (κ1) is 16.2. The average molecular weight is 262 g/mol. The number of benzene rings is 1. The summed E-state index contributed by atoms with van der Waals surface area (Å²) in [6.07, 6.45) is 1.05. The molecule has 1 rings (SSSR count). The van der Waals surface area contributed by atoms with Crippen LogP contribution in [0, 0.1) is 6.92 Å². The Morgan fingerprint density at radius 1 is 1.26 bits per heavy atom. The van der Waals surface area contributed by atoms with E-state index in [1.807, 2.05) is 0 Å². The lowest BCUT2D eigenvalue weighted by atomic mass is 9.85. The lowest BCUT2D eigenvalue weighted by Gasteiger charge is -2.23. The van der Waals surface area contributed by atoms with Gasteiger partial charge in [0.25, 0.3) is 0 Å². The molecular formula is C17H30N2. The van der Waals surface area contributed by atoms with Crippen molar-refractivity contribution in [2.24, 2.45) is 5.73 Å². The van der Waals surface area contributed by atoms with Gasteiger partial charge in [0.1, 0.15) is 0 Å². The third-order valence-electron chi connectivity index (χ3n) is 3.62. The van der Waals surface area contributed by atoms with Gasteiger partial charge in [-0.3, -0.25) is 0 Å². The van der Waals surface area contributed by atoms with Crippen LogP contribution in [-0.2, 0) is 12.0 Å². The number of nitrogens with zero attached hydrogens (tertiary/aromatic N) is 1. The molecule has 0 aromatic heterocycles. The minimum absolute atomic E-state index is 0.215. The van der Waals surface area contributed by atoms with E-state index in [2.05, 4.69) is 64.8 Å². The Balaban J connectivity index is 2.77. The van der Waals surface area contributed by atoms with Gasteiger partial charge in [0.2, 0.25) is 0 Å². The van der Waals surface area contributed by atoms with Crippen LogP contribution in [0.15, 0.2) is 18.2 Å². The molecular weight excluding hydrogens is 232 g/mol. The van der Waals surface area contributed by atoms with Crippen LogP contribution < -0.4 is 5.73 Å². The van der Waals surface area contributed by atoms with Crippen molar-refractivity contribution in [3.63, 3.8) is 0 Å². The maximum absolute atomic E-state index is 5.82. The van der Waals surface area contributed by atoms with Gasteiger partial charge in [0.05, 0.1) is 0 Å². The third kappa shape index (κ3) is 5.33. The number of hydrogen-bond acceptors (Lipinski definition) is 2. The van der Waals surface area contributed by atoms with Crippen molar-refractivity contribution >= 4 is 0 Å². The van der Waals surface area contributed by atoms with Crippen LogP contribution in [0.3, 0.4) is 0 Å². The third-order valence-corrected chi connectivity index (χ3v) is 3.62. The maximum Gasteiger partial charge on any atom is 0.0233 e. The molecule has 0 saturated carbocycles. The first-order valence-electron chi connectivity index (χ1n) is 7.24. The molecule has 0 fully saturated rings. The summed E-state index contributed by atoms with van der Waals surface area (Å²) in [6, 6.07) is 7.14. The van der Waals surface area contributed by atoms with Crippen LogP contribution in [-0.4, -0.2) is 24.5 Å². The molecule has 1 aromatic carbocycles. The highest BCUT2D eigenvalue weighted by Gasteiger charge is 2.15. The van der Waals surface area contributed by atoms with Crippen molar-refractivity contribution in [2.45, 2.75) is 59.0 Å². The Hall–Kier alpha value is -0.860. The molecule has 0 bridgehead atoms. The molecule has 0 radical (unpaired) electrons. The largest absolute Gasteiger partial charge is 0.328 e. The molecule has 1 aromatic rings. The molecule has 2 heteroatoms. The molecule has 2 nitrogen and oxygen atoms in total. The Labute approximate surface area is 119 Å². The molecule has 2 N–H and O–H groups in total. The lowest BCUT2D eigenvalue weighted by Crippen LogP contribution is -2.26. The van der Waals surface area contributed by atoms with Crippen LogP contribution in [0.2, 0.25) is 0 Å². The summed E-state index contributed by atoms with van der Waals surface area (Å²) in [4.78, 5) is 2.36. The molecule has 0 amide bonds. The molecule has 0 aliphatic rings. The Morgan fingerprint density at radius 2 is 1.89 bits per heavy atom. The van der Waals surface area contributed by atoms with Crippen molar-refractivity contribution in [1.82, 2.24) is 4.90 Å². The predicted molar refractivity (Wildman–Crippen MR) is 84.5 cm³/mol. The van der Waals surface area contributed by atoms with Crippen LogP contribution in [0.4, 0.5) is 0 Å². The quantitative estimate of drug-likeness (QED) is 0.880. The fourth-order valence-electron chi connectivity index (χ4n) is 2.10. The number of hydrogen-bond donors (Lipinski definition) is 1. The first-order chi connectivity index (χ1) is 8.70. The Bertz CT molecular complexity index is 402. The van der Waals surface area contributed by atoms with Gasteiger partial charge in [-0.15, -0.1) is 0 Å². The standard InChI is InChI=1S/C17H30N2/c1-13-7-8-16(17(3,4)5)11-15(13)12-19(6)10-9-14(2)18/h7-8,11,14H,9-10,12,18H2,1-6H3. The summed E-state index contributed by atoms with van der Waals surface area (Å²) >= 11 is 0. The van der Waals surface area contributed by atoms with Gasteiger partial charge < -0.3 is 10.6 Å². The van der Waals surface area contributed by atoms with Crippen molar-refractivity contribution in [2.75, 3.05) is 13.6 Å². The zero-order valence-corrected chi connectivity index (χ0v) is 13.5. The highest BCUT2D eigenvalue weighted by molar-refractivity contribution is 5.34. The second kappa shape index (κ2) is 6.53. The molecule has 0 aliphatic heterocycles. The minimum Gasteiger partial charge on any atom is -0.328 e. The number of aryl methyl sites for hydroxylation is 1. The highest BCUT2D eigenvalue weighted by atomic mass is 15.1. The summed E-state index contributed by atoms with van der Waals surface area (Å²) < 4.78 is 0. The summed E-state index contributed by atoms with van der Waals surface area (Å²) in [6.45, 7) is 13.1. The smallest absolute Gasteiger partial charge is 0.0233 e. The SMILES string of the molecule is Cc1ccc(C(C)(C)C)cc1CN(C)CCC(C)N. The van der Waals surface area contributed by atoms with Gasteiger partial charge in [-0.05, 0) is 56.0 Å². The van der Waals surface area contributed by atoms with E-state index in [0.29, 0.717) is 0 Å². The molecule has 0 spiro atoms. The average Bonchev–Trinajstić information content (AvgIpc) is 2.28. The van der Waals surface area contributed by atoms with Gasteiger partial charge in [-0.1, -0.05) is 39.0 Å². The second-order valence-corrected chi connectivity index (χ2v) is 6.90. The second-order valence-electron chi connectivity index (χ2n) is 6.90. The van der Waals surface area contributed by atoms with Crippen LogP contribution >= 0.6 is 0 Å². The predicted octanol–water partition coefficient (Wildman–Crippen LogP) is 3.46. The van der Waals surface area contributed by atoms with Gasteiger partial charge in [0, 0.05) is 12.6 Å². The number of rotatable bonds is 5. The van der Waals surface area contributed by atoms with Crippen molar-refractivity contribution in [3.8, 4) is 0 Å². The van der Waals surface area contributed by atoms with E-state index >= 15 is 0 Å². The van der Waals surface area contributed by atoms with E-state index in [-0.39, 0.29) is 11.5 Å². The van der Waals surface area contributed by atoms with Gasteiger partial charge >= 0.3 is 0 Å². The fourth-order valence-corrected chi connectivity index (χ4v) is 2.10. The summed E-state index contributed by atoms with van der Waals surface area (Å²) in [7, 11) is 2.17. The molecule has 1 unspecified atom stereocenters. The van der Waals surface area contributed by atoms with E-state index < -0.39 is 0 Å². The van der Waals surface area contributed by atoms with Crippen molar-refractivity contribution in [3.05, 3.63) is 34.9 Å². The minimum atomic E-state index is 0.215. The summed E-state index contributed by atoms with van der Waals surface area (Å²) in [5.74, 6) is 0. The van der Waals surface area contributed by atoms with Crippen LogP contribution in [0.5, 0.6) is 0 Å². The monoisotopic (exact) mass is 262 g/mol. The Morgan fingerprint density at radius 3 is 2.42 bits per heavy atom. The van der Waals surface area contributed by atoms with Gasteiger partial charge in [-0.25, -0.2) is 0 Å². The number of nitrogens with two attached hydrogens (primary N) is 1. The molecule has 1 atom stereocenters. The van der Waals surface area contributed by atoms with E-state index in [1.54, 1.807) is 0 Å². The van der Waals surface area contributed by atoms with Gasteiger partial charge in [0.15, 0.2) is 0 Å². The van der Waals surface area contributed by atoms with E-state index in [1.165, 1.54) is 16.7 Å². The van der Waals surface area contributed by atoms with E-state index in [4.69, 9.17) is 5.73 Å². The van der Waals surface area contributed by atoms with Crippen molar-refractivity contribution in [1.29, 1.82) is 0 Å². The molecule has 108 valence electrons. The van der Waals surface area contributed by atoms with Crippen LogP contribution in [0.1, 0.15) is 50.8 Å². The maximum atomic E-state index is 5.82. The molecule has 19 heavy (non-hydrogen) atoms. The molecule has 0 heterocycles. The fraction of sp³-hybridized carbons (Fsp3) is 0.647. The van der Waals surface area contributed by atoms with E-state index in [0.717, 1.165) is 19.5 Å². The topological polar surface area (TPSA) is 29.3 Å². The normalized spacial score (nSPS) is 13.9. The van der Waals surface area contributed by atoms with E-state index in [9.17, 15) is 0 Å². The van der Waals surface area contributed by atoms with Crippen molar-refractivity contribution < 1.29 is 0 Å². The van der Waals surface area contributed by atoms with Gasteiger partial charge in [-0.2, -0.15) is 0 Å². The zero-order valence-electron chi connectivity index (χ0n) is 13.5. The lowest BCUT2D eigenvalue weighted by molar-refractivity contribution is 0.312. The molecule has 0 aliphatic carbocycles. The molecule has 0 saturated heterocycles. The zero-order chi connectivity index (χ0) is 14.6. The summed E-state index contributed by atoms with van der Waals surface area (Å²) in [5.41, 5.74) is 10.3.